The molecule has 1 saturated heterocycles. The zero-order chi connectivity index (χ0) is 15.2. The normalized spacial score (nSPS) is 17.8. The van der Waals surface area contributed by atoms with E-state index in [-0.39, 0.29) is 5.91 Å². The van der Waals surface area contributed by atoms with E-state index in [1.807, 2.05) is 13.2 Å². The molecule has 1 aromatic rings. The average molecular weight is 290 g/mol. The summed E-state index contributed by atoms with van der Waals surface area (Å²) in [6.07, 6.45) is 3.92. The van der Waals surface area contributed by atoms with E-state index in [9.17, 15) is 4.79 Å². The Hall–Kier alpha value is -1.62. The van der Waals surface area contributed by atoms with Gasteiger partial charge in [-0.2, -0.15) is 0 Å². The first kappa shape index (κ1) is 15.8. The summed E-state index contributed by atoms with van der Waals surface area (Å²) in [4.78, 5) is 20.5. The maximum atomic E-state index is 12.0. The van der Waals surface area contributed by atoms with Crippen molar-refractivity contribution >= 4 is 11.6 Å². The fourth-order valence-electron chi connectivity index (χ4n) is 2.70. The lowest BCUT2D eigenvalue weighted by atomic mass is 10.1. The van der Waals surface area contributed by atoms with Gasteiger partial charge in [-0.3, -0.25) is 9.78 Å². The molecule has 0 aliphatic carbocycles. The first-order chi connectivity index (χ1) is 10.2. The van der Waals surface area contributed by atoms with Crippen LogP contribution < -0.4 is 10.2 Å². The molecule has 1 amide bonds. The Kier molecular flexibility index (Phi) is 5.56. The minimum Gasteiger partial charge on any atom is -0.361 e. The lowest BCUT2D eigenvalue weighted by Crippen LogP contribution is -2.34. The highest BCUT2D eigenvalue weighted by molar-refractivity contribution is 5.81. The quantitative estimate of drug-likeness (QED) is 0.898. The summed E-state index contributed by atoms with van der Waals surface area (Å²) in [5, 5.41) is 3.43. The van der Waals surface area contributed by atoms with Crippen LogP contribution in [0.25, 0.3) is 0 Å². The largest absolute Gasteiger partial charge is 0.361 e. The van der Waals surface area contributed by atoms with E-state index < -0.39 is 0 Å². The van der Waals surface area contributed by atoms with Gasteiger partial charge >= 0.3 is 0 Å². The third kappa shape index (κ3) is 3.94. The molecule has 2 heterocycles. The maximum Gasteiger partial charge on any atom is 0.241 e. The van der Waals surface area contributed by atoms with E-state index in [0.29, 0.717) is 12.6 Å². The molecule has 5 heteroatoms. The average Bonchev–Trinajstić information content (AvgIpc) is 2.67. The van der Waals surface area contributed by atoms with Crippen LogP contribution in [-0.4, -0.2) is 49.0 Å². The topological polar surface area (TPSA) is 48.5 Å². The van der Waals surface area contributed by atoms with Gasteiger partial charge in [0, 0.05) is 26.2 Å². The second-order valence-electron chi connectivity index (χ2n) is 5.55. The molecule has 1 atom stereocenters. The van der Waals surface area contributed by atoms with Crippen molar-refractivity contribution in [2.24, 2.45) is 0 Å². The maximum absolute atomic E-state index is 12.0. The van der Waals surface area contributed by atoms with Crippen LogP contribution in [0.4, 0.5) is 5.69 Å². The summed E-state index contributed by atoms with van der Waals surface area (Å²) in [5.74, 6) is 0.177. The summed E-state index contributed by atoms with van der Waals surface area (Å²) in [5.41, 5.74) is 2.11. The van der Waals surface area contributed by atoms with Gasteiger partial charge in [-0.05, 0) is 31.5 Å². The van der Waals surface area contributed by atoms with E-state index >= 15 is 0 Å². The van der Waals surface area contributed by atoms with Crippen molar-refractivity contribution in [3.05, 3.63) is 24.0 Å². The third-order valence-corrected chi connectivity index (χ3v) is 4.03. The number of nitrogens with one attached hydrogen (secondary N) is 1. The summed E-state index contributed by atoms with van der Waals surface area (Å²) < 4.78 is 0. The van der Waals surface area contributed by atoms with Gasteiger partial charge in [-0.1, -0.05) is 13.8 Å². The monoisotopic (exact) mass is 290 g/mol. The molecule has 1 N–H and O–H groups in total. The van der Waals surface area contributed by atoms with Gasteiger partial charge < -0.3 is 15.1 Å². The molecule has 5 nitrogen and oxygen atoms in total. The fourth-order valence-corrected chi connectivity index (χ4v) is 2.70. The third-order valence-electron chi connectivity index (χ3n) is 4.03. The number of pyridine rings is 1. The SMILES string of the molecule is CCNC(CC)c1ccc(N2CCCN(C)C(=O)C2)cn1. The Morgan fingerprint density at radius 3 is 2.76 bits per heavy atom. The molecule has 116 valence electrons. The highest BCUT2D eigenvalue weighted by Crippen LogP contribution is 2.19. The summed E-state index contributed by atoms with van der Waals surface area (Å²) >= 11 is 0. The molecule has 0 spiro atoms. The van der Waals surface area contributed by atoms with Crippen molar-refractivity contribution in [1.29, 1.82) is 0 Å². The van der Waals surface area contributed by atoms with Crippen LogP contribution in [0.15, 0.2) is 18.3 Å². The van der Waals surface area contributed by atoms with Crippen LogP contribution >= 0.6 is 0 Å². The molecule has 1 aromatic heterocycles. The predicted molar refractivity (Wildman–Crippen MR) is 85.4 cm³/mol. The van der Waals surface area contributed by atoms with Gasteiger partial charge in [0.25, 0.3) is 0 Å². The second kappa shape index (κ2) is 7.41. The Balaban J connectivity index is 2.09. The molecule has 1 fully saturated rings. The Bertz CT molecular complexity index is 460. The lowest BCUT2D eigenvalue weighted by Gasteiger charge is -2.22. The molecule has 1 aliphatic rings. The molecular weight excluding hydrogens is 264 g/mol. The molecule has 1 unspecified atom stereocenters. The van der Waals surface area contributed by atoms with E-state index in [2.05, 4.69) is 41.2 Å². The van der Waals surface area contributed by atoms with E-state index in [1.165, 1.54) is 0 Å². The number of rotatable bonds is 5. The minimum atomic E-state index is 0.177. The van der Waals surface area contributed by atoms with Crippen molar-refractivity contribution in [3.8, 4) is 0 Å². The molecule has 1 aliphatic heterocycles. The van der Waals surface area contributed by atoms with Crippen molar-refractivity contribution in [2.45, 2.75) is 32.7 Å². The van der Waals surface area contributed by atoms with Crippen molar-refractivity contribution in [1.82, 2.24) is 15.2 Å². The molecule has 0 aromatic carbocycles. The first-order valence-corrected chi connectivity index (χ1v) is 7.84. The molecule has 0 radical (unpaired) electrons. The van der Waals surface area contributed by atoms with Crippen molar-refractivity contribution in [2.75, 3.05) is 38.1 Å². The molecule has 0 bridgehead atoms. The predicted octanol–water partition coefficient (Wildman–Crippen LogP) is 1.81. The number of carbonyl (C=O) groups is 1. The summed E-state index contributed by atoms with van der Waals surface area (Å²) in [6.45, 7) is 7.39. The van der Waals surface area contributed by atoms with Crippen LogP contribution in [0.1, 0.15) is 38.4 Å². The van der Waals surface area contributed by atoms with Gasteiger partial charge in [0.1, 0.15) is 0 Å². The van der Waals surface area contributed by atoms with Crippen LogP contribution in [0, 0.1) is 0 Å². The number of aromatic nitrogens is 1. The van der Waals surface area contributed by atoms with E-state index in [1.54, 1.807) is 4.90 Å². The smallest absolute Gasteiger partial charge is 0.241 e. The van der Waals surface area contributed by atoms with Crippen LogP contribution in [-0.2, 0) is 4.79 Å². The van der Waals surface area contributed by atoms with Crippen LogP contribution in [0.2, 0.25) is 0 Å². The number of nitrogens with zero attached hydrogens (tertiary/aromatic N) is 3. The summed E-state index contributed by atoms with van der Waals surface area (Å²) in [6, 6.07) is 4.47. The Labute approximate surface area is 127 Å². The number of hydrogen-bond acceptors (Lipinski definition) is 4. The number of anilines is 1. The molecule has 0 saturated carbocycles. The zero-order valence-electron chi connectivity index (χ0n) is 13.3. The number of hydrogen-bond donors (Lipinski definition) is 1. The molecule has 2 rings (SSSR count). The molecular formula is C16H26N4O. The number of likely N-dealkylation sites (N-methyl/N-ethyl adjacent to an activating group) is 1. The van der Waals surface area contributed by atoms with E-state index in [4.69, 9.17) is 0 Å². The van der Waals surface area contributed by atoms with Gasteiger partial charge in [-0.25, -0.2) is 0 Å². The standard InChI is InChI=1S/C16H26N4O/c1-4-14(17-5-2)15-8-7-13(11-18-15)20-10-6-9-19(3)16(21)12-20/h7-8,11,14,17H,4-6,9-10,12H2,1-3H3. The number of amides is 1. The second-order valence-corrected chi connectivity index (χ2v) is 5.55. The fraction of sp³-hybridized carbons (Fsp3) is 0.625. The minimum absolute atomic E-state index is 0.177. The summed E-state index contributed by atoms with van der Waals surface area (Å²) in [7, 11) is 1.87. The van der Waals surface area contributed by atoms with E-state index in [0.717, 1.165) is 43.9 Å². The van der Waals surface area contributed by atoms with Gasteiger partial charge in [-0.15, -0.1) is 0 Å². The van der Waals surface area contributed by atoms with Crippen LogP contribution in [0.5, 0.6) is 0 Å². The first-order valence-electron chi connectivity index (χ1n) is 7.84. The Morgan fingerprint density at radius 1 is 1.33 bits per heavy atom. The lowest BCUT2D eigenvalue weighted by molar-refractivity contribution is -0.127. The highest BCUT2D eigenvalue weighted by Gasteiger charge is 2.19. The zero-order valence-corrected chi connectivity index (χ0v) is 13.3. The molecule has 21 heavy (non-hydrogen) atoms. The highest BCUT2D eigenvalue weighted by atomic mass is 16.2. The van der Waals surface area contributed by atoms with Gasteiger partial charge in [0.15, 0.2) is 0 Å². The van der Waals surface area contributed by atoms with Crippen molar-refractivity contribution < 1.29 is 4.79 Å². The van der Waals surface area contributed by atoms with Gasteiger partial charge in [0.05, 0.1) is 24.1 Å². The van der Waals surface area contributed by atoms with Gasteiger partial charge in [0.2, 0.25) is 5.91 Å². The van der Waals surface area contributed by atoms with Crippen molar-refractivity contribution in [3.63, 3.8) is 0 Å². The Morgan fingerprint density at radius 2 is 2.14 bits per heavy atom. The van der Waals surface area contributed by atoms with Crippen LogP contribution in [0.3, 0.4) is 0 Å². The number of carbonyl (C=O) groups excluding carboxylic acids is 1.